The minimum Gasteiger partial charge on any atom is -0.495 e. The van der Waals surface area contributed by atoms with Crippen LogP contribution >= 0.6 is 34.8 Å². The number of anilines is 8. The molecule has 0 aliphatic carbocycles. The van der Waals surface area contributed by atoms with Crippen LogP contribution in [0.1, 0.15) is 27.7 Å². The fraction of sp³-hybridized carbons (Fsp3) is 0.326. The Hall–Kier alpha value is -6.60. The van der Waals surface area contributed by atoms with Gasteiger partial charge < -0.3 is 56.0 Å². The summed E-state index contributed by atoms with van der Waals surface area (Å²) in [5.74, 6) is 1.73. The molecule has 29 heteroatoms. The maximum atomic E-state index is 12.5. The Labute approximate surface area is 427 Å². The van der Waals surface area contributed by atoms with Crippen molar-refractivity contribution in [3.8, 4) is 23.0 Å². The summed E-state index contributed by atoms with van der Waals surface area (Å²) in [6.07, 6.45) is 0. The zero-order valence-corrected chi connectivity index (χ0v) is 44.3. The van der Waals surface area contributed by atoms with Crippen LogP contribution in [-0.4, -0.2) is 122 Å². The van der Waals surface area contributed by atoms with E-state index in [1.165, 1.54) is 38.1 Å². The normalized spacial score (nSPS) is 11.7. The van der Waals surface area contributed by atoms with E-state index in [1.807, 2.05) is 39.8 Å². The highest BCUT2D eigenvalue weighted by molar-refractivity contribution is 7.99. The van der Waals surface area contributed by atoms with Gasteiger partial charge in [-0.05, 0) is 87.2 Å². The van der Waals surface area contributed by atoms with Crippen molar-refractivity contribution in [2.45, 2.75) is 42.6 Å². The van der Waals surface area contributed by atoms with Crippen LogP contribution in [0.4, 0.5) is 56.0 Å². The van der Waals surface area contributed by atoms with E-state index >= 15 is 0 Å². The molecule has 0 aliphatic heterocycles. The molecule has 9 N–H and O–H groups in total. The van der Waals surface area contributed by atoms with Crippen molar-refractivity contribution in [1.82, 2.24) is 23.7 Å². The SMILES string of the molecule is CCN(CC)c1cc(Nc2nc(Nc3cc(N(CC)CC)c(OC)cc3N=Nc3snc4ccc(OC)c(S(=O)(=O)O)c34)nc(SCCO)n2)c(N)cc1OC.COc1ccc2nsc(N)c2c1S(=O)(=O)O. The number of fused-ring (bicyclic) bond motifs is 2. The second-order valence-electron chi connectivity index (χ2n) is 14.8. The van der Waals surface area contributed by atoms with Gasteiger partial charge in [-0.3, -0.25) is 9.11 Å². The molecule has 0 radical (unpaired) electrons. The van der Waals surface area contributed by atoms with Gasteiger partial charge in [0.05, 0.1) is 85.3 Å². The van der Waals surface area contributed by atoms with Gasteiger partial charge in [0, 0.05) is 44.1 Å². The lowest BCUT2D eigenvalue weighted by Crippen LogP contribution is -2.22. The van der Waals surface area contributed by atoms with Crippen LogP contribution in [0.3, 0.4) is 0 Å². The number of thioether (sulfide) groups is 1. The molecule has 0 saturated heterocycles. The van der Waals surface area contributed by atoms with Crippen molar-refractivity contribution in [2.24, 2.45) is 10.2 Å². The summed E-state index contributed by atoms with van der Waals surface area (Å²) in [6.45, 7) is 10.8. The number of hydrogen-bond acceptors (Lipinski definition) is 25. The number of aliphatic hydroxyl groups is 1. The Balaban J connectivity index is 0.000000446. The standard InChI is InChI=1S/C35H45N11O7S3.C8H8N2O4S2/c1-8-45(9-2)25-17-22(20(36)16-28(25)52-6)37-33-39-34(41-35(40-33)54-15-14-47)38-23-18-26(46(10-3)11-4)29(53-7)19-24(23)42-43-32-30-21(44-55-32)12-13-27(51-5)31(30)56(48,49)50;1-14-5-3-2-4-6(8(9)15-10-4)7(5)16(11,12)13/h12-13,16-19,47H,8-11,14-15,36H2,1-7H3,(H,48,49,50)(H2,37,38,39,40,41);2-3H,9H2,1H3,(H,11,12,13). The Bertz CT molecular complexity index is 3320. The molecule has 0 bridgehead atoms. The molecular formula is C43H53N13O11S5. The van der Waals surface area contributed by atoms with Gasteiger partial charge in [0.1, 0.15) is 43.5 Å². The number of nitrogens with zero attached hydrogens (tertiary/aromatic N) is 9. The number of nitrogens with two attached hydrogens (primary N) is 2. The van der Waals surface area contributed by atoms with Gasteiger partial charge in [-0.1, -0.05) is 11.8 Å². The van der Waals surface area contributed by atoms with Gasteiger partial charge in [0.15, 0.2) is 10.2 Å². The van der Waals surface area contributed by atoms with Crippen LogP contribution in [-0.2, 0) is 20.2 Å². The average molecular weight is 1090 g/mol. The van der Waals surface area contributed by atoms with E-state index in [4.69, 9.17) is 35.0 Å². The fourth-order valence-electron chi connectivity index (χ4n) is 7.28. The lowest BCUT2D eigenvalue weighted by atomic mass is 10.2. The van der Waals surface area contributed by atoms with Gasteiger partial charge in [0.2, 0.25) is 11.9 Å². The Morgan fingerprint density at radius 1 is 0.653 bits per heavy atom. The van der Waals surface area contributed by atoms with Gasteiger partial charge in [0.25, 0.3) is 20.2 Å². The molecular weight excluding hydrogens is 1030 g/mol. The molecule has 0 unspecified atom stereocenters. The number of nitrogens with one attached hydrogen (secondary N) is 2. The molecule has 4 aromatic carbocycles. The van der Waals surface area contributed by atoms with Crippen molar-refractivity contribution in [3.63, 3.8) is 0 Å². The largest absolute Gasteiger partial charge is 0.495 e. The van der Waals surface area contributed by atoms with E-state index in [-0.39, 0.29) is 66.9 Å². The van der Waals surface area contributed by atoms with Gasteiger partial charge in [-0.2, -0.15) is 40.5 Å². The number of benzene rings is 4. The summed E-state index contributed by atoms with van der Waals surface area (Å²) in [7, 11) is -3.40. The van der Waals surface area contributed by atoms with Crippen molar-refractivity contribution in [2.75, 3.05) is 98.9 Å². The Morgan fingerprint density at radius 3 is 1.65 bits per heavy atom. The fourth-order valence-corrected chi connectivity index (χ4v) is 11.1. The molecule has 0 fully saturated rings. The minimum atomic E-state index is -4.74. The second-order valence-corrected chi connectivity index (χ2v) is 20.1. The number of hydrogen-bond donors (Lipinski definition) is 7. The number of aliphatic hydroxyl groups excluding tert-OH is 1. The van der Waals surface area contributed by atoms with E-state index < -0.39 is 25.1 Å². The molecule has 3 heterocycles. The van der Waals surface area contributed by atoms with Crippen LogP contribution < -0.4 is 50.8 Å². The maximum absolute atomic E-state index is 12.5. The summed E-state index contributed by atoms with van der Waals surface area (Å²) < 4.78 is 96.7. The summed E-state index contributed by atoms with van der Waals surface area (Å²) in [4.78, 5) is 17.3. The highest BCUT2D eigenvalue weighted by atomic mass is 32.2. The van der Waals surface area contributed by atoms with Crippen LogP contribution in [0.5, 0.6) is 23.0 Å². The van der Waals surface area contributed by atoms with Crippen LogP contribution in [0.15, 0.2) is 73.7 Å². The third kappa shape index (κ3) is 12.2. The van der Waals surface area contributed by atoms with Crippen LogP contribution in [0.25, 0.3) is 21.8 Å². The predicted octanol–water partition coefficient (Wildman–Crippen LogP) is 8.15. The number of rotatable bonds is 21. The monoisotopic (exact) mass is 1090 g/mol. The first-order valence-corrected chi connectivity index (χ1v) is 27.1. The van der Waals surface area contributed by atoms with Crippen molar-refractivity contribution < 1.29 is 50.0 Å². The van der Waals surface area contributed by atoms with E-state index in [2.05, 4.69) is 54.4 Å². The van der Waals surface area contributed by atoms with Gasteiger partial charge >= 0.3 is 0 Å². The summed E-state index contributed by atoms with van der Waals surface area (Å²) in [5, 5.41) is 26.0. The van der Waals surface area contributed by atoms with Crippen molar-refractivity contribution in [1.29, 1.82) is 0 Å². The Morgan fingerprint density at radius 2 is 1.14 bits per heavy atom. The zero-order valence-electron chi connectivity index (χ0n) is 40.2. The summed E-state index contributed by atoms with van der Waals surface area (Å²) in [6, 6.07) is 13.1. The number of aromatic nitrogens is 5. The maximum Gasteiger partial charge on any atom is 0.299 e. The minimum absolute atomic E-state index is 0.0434. The molecule has 0 saturated carbocycles. The van der Waals surface area contributed by atoms with E-state index in [9.17, 15) is 26.5 Å². The van der Waals surface area contributed by atoms with Crippen LogP contribution in [0.2, 0.25) is 0 Å². The first kappa shape index (κ1) is 54.7. The molecule has 0 spiro atoms. The van der Waals surface area contributed by atoms with Crippen molar-refractivity contribution >= 4 is 133 Å². The lowest BCUT2D eigenvalue weighted by molar-refractivity contribution is 0.322. The zero-order chi connectivity index (χ0) is 52.5. The quantitative estimate of drug-likeness (QED) is 0.0154. The first-order chi connectivity index (χ1) is 34.4. The smallest absolute Gasteiger partial charge is 0.299 e. The first-order valence-electron chi connectivity index (χ1n) is 21.7. The van der Waals surface area contributed by atoms with Gasteiger partial charge in [-0.25, -0.2) is 0 Å². The number of ether oxygens (including phenoxy) is 4. The summed E-state index contributed by atoms with van der Waals surface area (Å²) in [5.41, 5.74) is 16.0. The molecule has 24 nitrogen and oxygen atoms in total. The highest BCUT2D eigenvalue weighted by Crippen LogP contribution is 2.44. The average Bonchev–Trinajstić information content (AvgIpc) is 3.95. The molecule has 3 aromatic heterocycles. The highest BCUT2D eigenvalue weighted by Gasteiger charge is 2.26. The van der Waals surface area contributed by atoms with E-state index in [0.29, 0.717) is 58.1 Å². The molecule has 72 heavy (non-hydrogen) atoms. The third-order valence-electron chi connectivity index (χ3n) is 10.6. The summed E-state index contributed by atoms with van der Waals surface area (Å²) >= 11 is 3.09. The molecule has 7 rings (SSSR count). The predicted molar refractivity (Wildman–Crippen MR) is 282 cm³/mol. The van der Waals surface area contributed by atoms with E-state index in [1.54, 1.807) is 38.5 Å². The number of nitrogen functional groups attached to an aromatic ring is 2. The molecule has 0 amide bonds. The Kier molecular flexibility index (Phi) is 18.1. The van der Waals surface area contributed by atoms with E-state index in [0.717, 1.165) is 47.5 Å². The molecule has 386 valence electrons. The van der Waals surface area contributed by atoms with Gasteiger partial charge in [-0.15, -0.1) is 10.2 Å². The molecule has 0 atom stereocenters. The third-order valence-corrected chi connectivity index (χ3v) is 14.7. The van der Waals surface area contributed by atoms with Crippen LogP contribution in [0, 0.1) is 0 Å². The molecule has 0 aliphatic rings. The number of methoxy groups -OCH3 is 4. The number of azo groups is 1. The topological polar surface area (TPSA) is 338 Å². The second kappa shape index (κ2) is 23.7. The van der Waals surface area contributed by atoms with Crippen molar-refractivity contribution in [3.05, 3.63) is 48.5 Å². The lowest BCUT2D eigenvalue weighted by Gasteiger charge is -2.25. The molecule has 7 aromatic rings.